The minimum atomic E-state index is 0.0149. The molecule has 10 nitrogen and oxygen atoms in total. The summed E-state index contributed by atoms with van der Waals surface area (Å²) in [7, 11) is 0. The van der Waals surface area contributed by atoms with E-state index in [0.717, 1.165) is 16.6 Å². The fraction of sp³-hybridized carbons (Fsp3) is 0.286. The molecule has 4 heterocycles. The molecule has 0 saturated carbocycles. The van der Waals surface area contributed by atoms with Crippen molar-refractivity contribution in [3.05, 3.63) is 42.2 Å². The van der Waals surface area contributed by atoms with Crippen molar-refractivity contribution >= 4 is 22.8 Å². The third-order valence-electron chi connectivity index (χ3n) is 5.43. The molecule has 0 atom stereocenters. The molecular weight excluding hydrogens is 398 g/mol. The highest BCUT2D eigenvalue weighted by atomic mass is 16.6. The van der Waals surface area contributed by atoms with Crippen LogP contribution in [0.5, 0.6) is 0 Å². The Kier molecular flexibility index (Phi) is 4.83. The van der Waals surface area contributed by atoms with E-state index in [9.17, 15) is 4.79 Å². The van der Waals surface area contributed by atoms with Gasteiger partial charge in [0.1, 0.15) is 5.52 Å². The highest BCUT2D eigenvalue weighted by Gasteiger charge is 2.22. The summed E-state index contributed by atoms with van der Waals surface area (Å²) in [6, 6.07) is 7.56. The molecule has 1 fully saturated rings. The molecule has 0 aliphatic carbocycles. The molecule has 5 rings (SSSR count). The van der Waals surface area contributed by atoms with Gasteiger partial charge in [-0.25, -0.2) is 9.61 Å². The zero-order valence-corrected chi connectivity index (χ0v) is 17.0. The Morgan fingerprint density at radius 1 is 1.13 bits per heavy atom. The van der Waals surface area contributed by atoms with Crippen LogP contribution in [0.4, 0.5) is 5.82 Å². The first-order chi connectivity index (χ1) is 15.2. The number of carbonyl (C=O) groups is 1. The molecule has 1 aliphatic rings. The average Bonchev–Trinajstić information content (AvgIpc) is 3.41. The molecule has 4 aromatic rings. The summed E-state index contributed by atoms with van der Waals surface area (Å²) < 4.78 is 12.1. The van der Waals surface area contributed by atoms with E-state index in [0.29, 0.717) is 55.4 Å². The number of pyridine rings is 1. The second kappa shape index (κ2) is 7.80. The monoisotopic (exact) mass is 419 g/mol. The van der Waals surface area contributed by atoms with Gasteiger partial charge in [-0.2, -0.15) is 0 Å². The number of carbonyl (C=O) groups excluding carboxylic acids is 1. The molecule has 0 unspecified atom stereocenters. The molecule has 1 aromatic carbocycles. The molecule has 158 valence electrons. The van der Waals surface area contributed by atoms with Crippen LogP contribution in [0.3, 0.4) is 0 Å². The number of rotatable bonds is 4. The van der Waals surface area contributed by atoms with Crippen molar-refractivity contribution in [2.45, 2.75) is 13.5 Å². The number of imidazole rings is 1. The second-order valence-electron chi connectivity index (χ2n) is 7.21. The molecule has 31 heavy (non-hydrogen) atoms. The maximum absolute atomic E-state index is 12.7. The Hall–Kier alpha value is -3.79. The SMILES string of the molecule is CCn1c(-c2nonc2N)nc2cncc(-c3ccc(C(=O)N4CCOCC4)cc3)c21. The summed E-state index contributed by atoms with van der Waals surface area (Å²) in [4.78, 5) is 23.6. The maximum atomic E-state index is 12.7. The lowest BCUT2D eigenvalue weighted by atomic mass is 10.0. The number of hydrogen-bond donors (Lipinski definition) is 1. The highest BCUT2D eigenvalue weighted by molar-refractivity contribution is 5.97. The molecule has 0 bridgehead atoms. The van der Waals surface area contributed by atoms with Crippen molar-refractivity contribution in [3.8, 4) is 22.6 Å². The van der Waals surface area contributed by atoms with Crippen LogP contribution in [0.1, 0.15) is 17.3 Å². The number of nitrogens with zero attached hydrogens (tertiary/aromatic N) is 6. The topological polar surface area (TPSA) is 125 Å². The first-order valence-corrected chi connectivity index (χ1v) is 10.1. The second-order valence-corrected chi connectivity index (χ2v) is 7.21. The van der Waals surface area contributed by atoms with E-state index in [4.69, 9.17) is 15.1 Å². The van der Waals surface area contributed by atoms with Gasteiger partial charge in [0.15, 0.2) is 17.3 Å². The van der Waals surface area contributed by atoms with Gasteiger partial charge in [-0.05, 0) is 34.9 Å². The predicted octanol–water partition coefficient (Wildman–Crippen LogP) is 2.22. The fourth-order valence-corrected chi connectivity index (χ4v) is 3.88. The van der Waals surface area contributed by atoms with Crippen molar-refractivity contribution in [3.63, 3.8) is 0 Å². The summed E-state index contributed by atoms with van der Waals surface area (Å²) in [5.41, 5.74) is 10.4. The van der Waals surface area contributed by atoms with Crippen molar-refractivity contribution in [2.75, 3.05) is 32.0 Å². The van der Waals surface area contributed by atoms with Gasteiger partial charge in [-0.15, -0.1) is 0 Å². The Bertz CT molecular complexity index is 1240. The van der Waals surface area contributed by atoms with Crippen LogP contribution in [0, 0.1) is 0 Å². The van der Waals surface area contributed by atoms with Gasteiger partial charge in [0, 0.05) is 37.0 Å². The summed E-state index contributed by atoms with van der Waals surface area (Å²) in [6.45, 7) is 5.04. The number of benzene rings is 1. The Morgan fingerprint density at radius 2 is 1.90 bits per heavy atom. The molecule has 0 radical (unpaired) electrons. The number of ether oxygens (including phenoxy) is 1. The largest absolute Gasteiger partial charge is 0.379 e. The lowest BCUT2D eigenvalue weighted by Crippen LogP contribution is -2.40. The molecule has 3 aromatic heterocycles. The number of amides is 1. The Morgan fingerprint density at radius 3 is 2.58 bits per heavy atom. The highest BCUT2D eigenvalue weighted by Crippen LogP contribution is 2.33. The molecule has 0 spiro atoms. The van der Waals surface area contributed by atoms with Crippen LogP contribution >= 0.6 is 0 Å². The van der Waals surface area contributed by atoms with Gasteiger partial charge < -0.3 is 19.9 Å². The number of nitrogen functional groups attached to an aromatic ring is 1. The zero-order chi connectivity index (χ0) is 21.4. The van der Waals surface area contributed by atoms with E-state index in [1.54, 1.807) is 12.4 Å². The number of nitrogens with two attached hydrogens (primary N) is 1. The van der Waals surface area contributed by atoms with Gasteiger partial charge in [0.05, 0.1) is 24.9 Å². The maximum Gasteiger partial charge on any atom is 0.254 e. The number of anilines is 1. The van der Waals surface area contributed by atoms with Gasteiger partial charge in [0.25, 0.3) is 5.91 Å². The van der Waals surface area contributed by atoms with Gasteiger partial charge in [-0.1, -0.05) is 12.1 Å². The third kappa shape index (κ3) is 3.30. The molecule has 1 saturated heterocycles. The number of aryl methyl sites for hydroxylation is 1. The van der Waals surface area contributed by atoms with Crippen molar-refractivity contribution in [2.24, 2.45) is 0 Å². The Balaban J connectivity index is 1.55. The predicted molar refractivity (Wildman–Crippen MR) is 113 cm³/mol. The van der Waals surface area contributed by atoms with Crippen LogP contribution < -0.4 is 5.73 Å². The van der Waals surface area contributed by atoms with E-state index in [1.807, 2.05) is 40.7 Å². The van der Waals surface area contributed by atoms with E-state index in [-0.39, 0.29) is 11.7 Å². The van der Waals surface area contributed by atoms with E-state index in [2.05, 4.69) is 20.3 Å². The van der Waals surface area contributed by atoms with Crippen molar-refractivity contribution in [1.29, 1.82) is 0 Å². The minimum Gasteiger partial charge on any atom is -0.379 e. The fourth-order valence-electron chi connectivity index (χ4n) is 3.88. The first-order valence-electron chi connectivity index (χ1n) is 10.1. The van der Waals surface area contributed by atoms with E-state index >= 15 is 0 Å². The number of aromatic nitrogens is 5. The lowest BCUT2D eigenvalue weighted by molar-refractivity contribution is 0.0303. The van der Waals surface area contributed by atoms with E-state index in [1.165, 1.54) is 0 Å². The molecule has 1 amide bonds. The number of hydrogen-bond acceptors (Lipinski definition) is 8. The summed E-state index contributed by atoms with van der Waals surface area (Å²) in [5, 5.41) is 7.56. The average molecular weight is 419 g/mol. The molecular formula is C21H21N7O3. The number of morpholine rings is 1. The van der Waals surface area contributed by atoms with Crippen molar-refractivity contribution in [1.82, 2.24) is 29.7 Å². The van der Waals surface area contributed by atoms with E-state index < -0.39 is 0 Å². The number of fused-ring (bicyclic) bond motifs is 1. The van der Waals surface area contributed by atoms with Gasteiger partial charge >= 0.3 is 0 Å². The summed E-state index contributed by atoms with van der Waals surface area (Å²) >= 11 is 0. The molecule has 10 heteroatoms. The van der Waals surface area contributed by atoms with Crippen LogP contribution in [0.2, 0.25) is 0 Å². The smallest absolute Gasteiger partial charge is 0.254 e. The lowest BCUT2D eigenvalue weighted by Gasteiger charge is -2.26. The zero-order valence-electron chi connectivity index (χ0n) is 17.0. The van der Waals surface area contributed by atoms with Crippen LogP contribution in [0.15, 0.2) is 41.3 Å². The first kappa shape index (κ1) is 19.2. The van der Waals surface area contributed by atoms with Gasteiger partial charge in [-0.3, -0.25) is 9.78 Å². The van der Waals surface area contributed by atoms with Crippen LogP contribution in [-0.4, -0.2) is 62.0 Å². The third-order valence-corrected chi connectivity index (χ3v) is 5.43. The normalized spacial score (nSPS) is 14.3. The van der Waals surface area contributed by atoms with Crippen molar-refractivity contribution < 1.29 is 14.2 Å². The van der Waals surface area contributed by atoms with Gasteiger partial charge in [0.2, 0.25) is 0 Å². The summed E-state index contributed by atoms with van der Waals surface area (Å²) in [5.74, 6) is 0.774. The summed E-state index contributed by atoms with van der Waals surface area (Å²) in [6.07, 6.45) is 3.50. The minimum absolute atomic E-state index is 0.0149. The molecule has 2 N–H and O–H groups in total. The Labute approximate surface area is 177 Å². The standard InChI is InChI=1S/C21H21N7O3/c1-2-28-18-15(11-23-12-16(18)24-20(28)17-19(22)26-31-25-17)13-3-5-14(6-4-13)21(29)27-7-9-30-10-8-27/h3-6,11-12H,2,7-10H2,1H3,(H2,22,26). The quantitative estimate of drug-likeness (QED) is 0.534. The molecule has 1 aliphatic heterocycles. The van der Waals surface area contributed by atoms with Crippen LogP contribution in [-0.2, 0) is 11.3 Å². The van der Waals surface area contributed by atoms with Crippen LogP contribution in [0.25, 0.3) is 33.7 Å².